The molecule has 0 aliphatic carbocycles. The van der Waals surface area contributed by atoms with E-state index in [1.165, 1.54) is 0 Å². The average molecular weight is 394 g/mol. The Bertz CT molecular complexity index is 1010. The van der Waals surface area contributed by atoms with Gasteiger partial charge in [-0.25, -0.2) is 4.98 Å². The molecule has 0 saturated heterocycles. The Morgan fingerprint density at radius 3 is 2.55 bits per heavy atom. The summed E-state index contributed by atoms with van der Waals surface area (Å²) in [6.45, 7) is 5.37. The van der Waals surface area contributed by atoms with E-state index in [0.717, 1.165) is 12.8 Å². The second kappa shape index (κ2) is 9.23. The SMILES string of the molecule is CCCN(CCC)C(=O)c1nc(C(=O)Nc2cccc(OC)c2)c2ccccn12. The smallest absolute Gasteiger partial charge is 0.290 e. The van der Waals surface area contributed by atoms with E-state index < -0.39 is 0 Å². The number of nitrogens with one attached hydrogen (secondary N) is 1. The molecular formula is C22H26N4O3. The number of pyridine rings is 1. The third kappa shape index (κ3) is 4.39. The summed E-state index contributed by atoms with van der Waals surface area (Å²) in [5.41, 5.74) is 1.40. The Morgan fingerprint density at radius 2 is 1.86 bits per heavy atom. The number of hydrogen-bond donors (Lipinski definition) is 1. The predicted octanol–water partition coefficient (Wildman–Crippen LogP) is 3.86. The van der Waals surface area contributed by atoms with Crippen LogP contribution in [-0.4, -0.2) is 46.3 Å². The third-order valence-corrected chi connectivity index (χ3v) is 4.56. The highest BCUT2D eigenvalue weighted by Crippen LogP contribution is 2.20. The molecule has 2 aromatic heterocycles. The molecule has 7 nitrogen and oxygen atoms in total. The van der Waals surface area contributed by atoms with Crippen molar-refractivity contribution in [2.45, 2.75) is 26.7 Å². The molecule has 0 radical (unpaired) electrons. The maximum atomic E-state index is 13.1. The molecule has 2 amide bonds. The highest BCUT2D eigenvalue weighted by Gasteiger charge is 2.24. The minimum Gasteiger partial charge on any atom is -0.497 e. The van der Waals surface area contributed by atoms with E-state index >= 15 is 0 Å². The Balaban J connectivity index is 1.96. The van der Waals surface area contributed by atoms with Crippen LogP contribution in [0.1, 0.15) is 47.8 Å². The summed E-state index contributed by atoms with van der Waals surface area (Å²) in [6, 6.07) is 12.5. The van der Waals surface area contributed by atoms with Gasteiger partial charge < -0.3 is 15.0 Å². The summed E-state index contributed by atoms with van der Waals surface area (Å²) < 4.78 is 6.88. The van der Waals surface area contributed by atoms with Gasteiger partial charge in [-0.1, -0.05) is 26.0 Å². The van der Waals surface area contributed by atoms with E-state index in [4.69, 9.17) is 4.74 Å². The second-order valence-corrected chi connectivity index (χ2v) is 6.72. The predicted molar refractivity (Wildman–Crippen MR) is 113 cm³/mol. The number of fused-ring (bicyclic) bond motifs is 1. The number of nitrogens with zero attached hydrogens (tertiary/aromatic N) is 3. The number of imidazole rings is 1. The first kappa shape index (κ1) is 20.4. The first-order valence-corrected chi connectivity index (χ1v) is 9.80. The summed E-state index contributed by atoms with van der Waals surface area (Å²) in [6.07, 6.45) is 3.48. The van der Waals surface area contributed by atoms with Crippen LogP contribution in [0.4, 0.5) is 5.69 Å². The first-order valence-electron chi connectivity index (χ1n) is 9.80. The van der Waals surface area contributed by atoms with Gasteiger partial charge in [0.05, 0.1) is 12.6 Å². The number of methoxy groups -OCH3 is 1. The summed E-state index contributed by atoms with van der Waals surface area (Å²) in [4.78, 5) is 32.3. The lowest BCUT2D eigenvalue weighted by Crippen LogP contribution is -2.33. The van der Waals surface area contributed by atoms with Crippen molar-refractivity contribution in [1.29, 1.82) is 0 Å². The zero-order chi connectivity index (χ0) is 20.8. The Hall–Kier alpha value is -3.35. The van der Waals surface area contributed by atoms with Crippen molar-refractivity contribution in [3.63, 3.8) is 0 Å². The number of anilines is 1. The van der Waals surface area contributed by atoms with E-state index in [1.54, 1.807) is 52.9 Å². The first-order chi connectivity index (χ1) is 14.1. The van der Waals surface area contributed by atoms with Crippen LogP contribution in [0.15, 0.2) is 48.7 Å². The lowest BCUT2D eigenvalue weighted by molar-refractivity contribution is 0.0742. The van der Waals surface area contributed by atoms with Crippen LogP contribution in [0.3, 0.4) is 0 Å². The molecule has 7 heteroatoms. The summed E-state index contributed by atoms with van der Waals surface area (Å²) in [5.74, 6) is 0.343. The summed E-state index contributed by atoms with van der Waals surface area (Å²) in [7, 11) is 1.57. The van der Waals surface area contributed by atoms with Gasteiger partial charge in [0.15, 0.2) is 5.69 Å². The molecule has 2 heterocycles. The van der Waals surface area contributed by atoms with Crippen molar-refractivity contribution < 1.29 is 14.3 Å². The van der Waals surface area contributed by atoms with Crippen LogP contribution in [0.2, 0.25) is 0 Å². The molecule has 3 aromatic rings. The van der Waals surface area contributed by atoms with E-state index in [1.807, 2.05) is 26.0 Å². The standard InChI is InChI=1S/C22H26N4O3/c1-4-12-25(13-5-2)22(28)20-24-19(18-11-6-7-14-26(18)20)21(27)23-16-9-8-10-17(15-16)29-3/h6-11,14-15H,4-5,12-13H2,1-3H3,(H,23,27). The fourth-order valence-electron chi connectivity index (χ4n) is 3.24. The van der Waals surface area contributed by atoms with Gasteiger partial charge in [0, 0.05) is 31.0 Å². The van der Waals surface area contributed by atoms with Crippen LogP contribution in [0, 0.1) is 0 Å². The fourth-order valence-corrected chi connectivity index (χ4v) is 3.24. The zero-order valence-corrected chi connectivity index (χ0v) is 17.0. The number of carbonyl (C=O) groups is 2. The highest BCUT2D eigenvalue weighted by atomic mass is 16.5. The van der Waals surface area contributed by atoms with Gasteiger partial charge in [0.1, 0.15) is 5.75 Å². The van der Waals surface area contributed by atoms with Crippen LogP contribution in [0.25, 0.3) is 5.52 Å². The molecule has 0 bridgehead atoms. The van der Waals surface area contributed by atoms with Crippen LogP contribution < -0.4 is 10.1 Å². The van der Waals surface area contributed by atoms with E-state index in [-0.39, 0.29) is 23.3 Å². The molecular weight excluding hydrogens is 368 g/mol. The van der Waals surface area contributed by atoms with Crippen molar-refractivity contribution in [3.05, 3.63) is 60.2 Å². The van der Waals surface area contributed by atoms with Crippen molar-refractivity contribution in [1.82, 2.24) is 14.3 Å². The van der Waals surface area contributed by atoms with E-state index in [9.17, 15) is 9.59 Å². The second-order valence-electron chi connectivity index (χ2n) is 6.72. The molecule has 0 fully saturated rings. The van der Waals surface area contributed by atoms with Crippen molar-refractivity contribution in [2.75, 3.05) is 25.5 Å². The summed E-state index contributed by atoms with van der Waals surface area (Å²) in [5, 5.41) is 2.84. The molecule has 0 atom stereocenters. The van der Waals surface area contributed by atoms with Crippen LogP contribution in [-0.2, 0) is 0 Å². The molecule has 0 saturated carbocycles. The Labute approximate surface area is 170 Å². The normalized spacial score (nSPS) is 10.7. The van der Waals surface area contributed by atoms with E-state index in [2.05, 4.69) is 10.3 Å². The van der Waals surface area contributed by atoms with Gasteiger partial charge in [-0.15, -0.1) is 0 Å². The average Bonchev–Trinajstić information content (AvgIpc) is 3.13. The Morgan fingerprint density at radius 1 is 1.10 bits per heavy atom. The number of ether oxygens (including phenoxy) is 1. The number of aromatic nitrogens is 2. The largest absolute Gasteiger partial charge is 0.497 e. The molecule has 1 N–H and O–H groups in total. The molecule has 0 aliphatic rings. The van der Waals surface area contributed by atoms with Crippen LogP contribution in [0.5, 0.6) is 5.75 Å². The fraction of sp³-hybridized carbons (Fsp3) is 0.318. The molecule has 1 aromatic carbocycles. The van der Waals surface area contributed by atoms with Crippen molar-refractivity contribution in [2.24, 2.45) is 0 Å². The minimum absolute atomic E-state index is 0.171. The van der Waals surface area contributed by atoms with Crippen molar-refractivity contribution >= 4 is 23.0 Å². The summed E-state index contributed by atoms with van der Waals surface area (Å²) >= 11 is 0. The maximum absolute atomic E-state index is 13.1. The maximum Gasteiger partial charge on any atom is 0.290 e. The number of rotatable bonds is 8. The van der Waals surface area contributed by atoms with Gasteiger partial charge in [-0.2, -0.15) is 0 Å². The van der Waals surface area contributed by atoms with Crippen molar-refractivity contribution in [3.8, 4) is 5.75 Å². The van der Waals surface area contributed by atoms with E-state index in [0.29, 0.717) is 30.0 Å². The third-order valence-electron chi connectivity index (χ3n) is 4.56. The minimum atomic E-state index is -0.376. The molecule has 0 spiro atoms. The molecule has 0 unspecified atom stereocenters. The van der Waals surface area contributed by atoms with Crippen LogP contribution >= 0.6 is 0 Å². The lowest BCUT2D eigenvalue weighted by Gasteiger charge is -2.20. The van der Waals surface area contributed by atoms with Gasteiger partial charge in [-0.05, 0) is 37.1 Å². The van der Waals surface area contributed by atoms with Gasteiger partial charge in [-0.3, -0.25) is 14.0 Å². The number of carbonyl (C=O) groups excluding carboxylic acids is 2. The van der Waals surface area contributed by atoms with Gasteiger partial charge in [0.2, 0.25) is 5.82 Å². The molecule has 3 rings (SSSR count). The van der Waals surface area contributed by atoms with Gasteiger partial charge in [0.25, 0.3) is 11.8 Å². The van der Waals surface area contributed by atoms with Gasteiger partial charge >= 0.3 is 0 Å². The zero-order valence-electron chi connectivity index (χ0n) is 17.0. The topological polar surface area (TPSA) is 75.9 Å². The highest BCUT2D eigenvalue weighted by molar-refractivity contribution is 6.09. The number of benzene rings is 1. The number of amides is 2. The quantitative estimate of drug-likeness (QED) is 0.629. The molecule has 29 heavy (non-hydrogen) atoms. The molecule has 0 aliphatic heterocycles. The Kier molecular flexibility index (Phi) is 6.49. The monoisotopic (exact) mass is 394 g/mol. The number of hydrogen-bond acceptors (Lipinski definition) is 4. The lowest BCUT2D eigenvalue weighted by atomic mass is 10.2. The molecule has 152 valence electrons.